The molecule has 43 heavy (non-hydrogen) atoms. The Labute approximate surface area is 255 Å². The molecule has 1 unspecified atom stereocenters. The summed E-state index contributed by atoms with van der Waals surface area (Å²) in [5, 5.41) is 8.14. The molecule has 5 rings (SSSR count). The maximum absolute atomic E-state index is 12.6. The lowest BCUT2D eigenvalue weighted by atomic mass is 10.1. The normalized spacial score (nSPS) is 18.6. The average Bonchev–Trinajstić information content (AvgIpc) is 3.29. The third kappa shape index (κ3) is 8.03. The van der Waals surface area contributed by atoms with Gasteiger partial charge in [-0.2, -0.15) is 19.6 Å². The monoisotopic (exact) mass is 589 g/mol. The van der Waals surface area contributed by atoms with Gasteiger partial charge in [-0.15, -0.1) is 0 Å². The molecular weight excluding hydrogens is 542 g/mol. The highest BCUT2D eigenvalue weighted by Crippen LogP contribution is 2.26. The Balaban J connectivity index is 1.24. The van der Waals surface area contributed by atoms with Gasteiger partial charge in [0.15, 0.2) is 5.65 Å². The maximum Gasteiger partial charge on any atom is 0.246 e. The van der Waals surface area contributed by atoms with Crippen molar-refractivity contribution in [3.8, 4) is 5.75 Å². The highest BCUT2D eigenvalue weighted by molar-refractivity contribution is 5.87. The first kappa shape index (κ1) is 30.7. The van der Waals surface area contributed by atoms with E-state index in [1.54, 1.807) is 6.08 Å². The summed E-state index contributed by atoms with van der Waals surface area (Å²) < 4.78 is 8.23. The van der Waals surface area contributed by atoms with Crippen molar-refractivity contribution in [1.82, 2.24) is 29.4 Å². The van der Waals surface area contributed by atoms with Crippen LogP contribution in [-0.4, -0.2) is 94.3 Å². The van der Waals surface area contributed by atoms with Crippen molar-refractivity contribution >= 4 is 23.5 Å². The lowest BCUT2D eigenvalue weighted by Crippen LogP contribution is -2.40. The van der Waals surface area contributed by atoms with Crippen LogP contribution in [0.25, 0.3) is 5.65 Å². The molecule has 0 radical (unpaired) electrons. The molecule has 1 amide bonds. The molecule has 0 saturated carbocycles. The number of ether oxygens (including phenoxy) is 1. The lowest BCUT2D eigenvalue weighted by Gasteiger charge is -2.30. The zero-order valence-corrected chi connectivity index (χ0v) is 26.1. The molecule has 0 spiro atoms. The quantitative estimate of drug-likeness (QED) is 0.342. The molecule has 1 atom stereocenters. The molecule has 2 aliphatic rings. The molecule has 1 aromatic carbocycles. The number of carbonyl (C=O) groups is 1. The molecule has 232 valence electrons. The Morgan fingerprint density at radius 2 is 1.95 bits per heavy atom. The van der Waals surface area contributed by atoms with Crippen LogP contribution >= 0.6 is 0 Å². The summed E-state index contributed by atoms with van der Waals surface area (Å²) in [5.41, 5.74) is 9.18. The van der Waals surface area contributed by atoms with E-state index in [2.05, 4.69) is 41.3 Å². The summed E-state index contributed by atoms with van der Waals surface area (Å²) in [4.78, 5) is 28.7. The van der Waals surface area contributed by atoms with Crippen LogP contribution in [0.1, 0.15) is 63.0 Å². The number of hydrogen-bond acceptors (Lipinski definition) is 9. The Morgan fingerprint density at radius 1 is 1.14 bits per heavy atom. The number of likely N-dealkylation sites (tertiary alicyclic amines) is 1. The van der Waals surface area contributed by atoms with Crippen molar-refractivity contribution in [3.63, 3.8) is 0 Å². The summed E-state index contributed by atoms with van der Waals surface area (Å²) in [6, 6.07) is 8.44. The molecule has 2 aromatic heterocycles. The smallest absolute Gasteiger partial charge is 0.246 e. The molecular formula is C32H47N9O2. The maximum atomic E-state index is 12.6. The van der Waals surface area contributed by atoms with E-state index in [9.17, 15) is 4.79 Å². The van der Waals surface area contributed by atoms with E-state index in [4.69, 9.17) is 20.4 Å². The largest absolute Gasteiger partial charge is 0.490 e. The van der Waals surface area contributed by atoms with Gasteiger partial charge < -0.3 is 30.5 Å². The lowest BCUT2D eigenvalue weighted by molar-refractivity contribution is -0.126. The highest BCUT2D eigenvalue weighted by Gasteiger charge is 2.23. The number of benzene rings is 1. The first-order chi connectivity index (χ1) is 20.8. The first-order valence-corrected chi connectivity index (χ1v) is 15.6. The third-order valence-corrected chi connectivity index (χ3v) is 8.20. The minimum Gasteiger partial charge on any atom is -0.490 e. The van der Waals surface area contributed by atoms with Crippen molar-refractivity contribution in [2.75, 3.05) is 57.0 Å². The number of nitrogens with two attached hydrogens (primary N) is 1. The fourth-order valence-electron chi connectivity index (χ4n) is 5.62. The van der Waals surface area contributed by atoms with E-state index in [1.165, 1.54) is 0 Å². The van der Waals surface area contributed by atoms with E-state index in [0.717, 1.165) is 86.8 Å². The van der Waals surface area contributed by atoms with E-state index < -0.39 is 0 Å². The first-order valence-electron chi connectivity index (χ1n) is 15.6. The van der Waals surface area contributed by atoms with Gasteiger partial charge in [-0.1, -0.05) is 32.1 Å². The van der Waals surface area contributed by atoms with Crippen LogP contribution in [0.4, 0.5) is 11.9 Å². The van der Waals surface area contributed by atoms with Crippen LogP contribution in [0.3, 0.4) is 0 Å². The van der Waals surface area contributed by atoms with Gasteiger partial charge in [0.05, 0.1) is 6.20 Å². The zero-order chi connectivity index (χ0) is 30.3. The molecule has 2 fully saturated rings. The number of carbonyl (C=O) groups excluding carboxylic acids is 1. The number of rotatable bonds is 10. The summed E-state index contributed by atoms with van der Waals surface area (Å²) >= 11 is 0. The van der Waals surface area contributed by atoms with Crippen molar-refractivity contribution < 1.29 is 9.53 Å². The molecule has 3 N–H and O–H groups in total. The van der Waals surface area contributed by atoms with Crippen LogP contribution in [0.5, 0.6) is 5.75 Å². The highest BCUT2D eigenvalue weighted by atomic mass is 16.5. The number of anilines is 2. The fraction of sp³-hybridized carbons (Fsp3) is 0.562. The predicted octanol–water partition coefficient (Wildman–Crippen LogP) is 3.67. The third-order valence-electron chi connectivity index (χ3n) is 8.20. The number of nitrogens with one attached hydrogen (secondary N) is 1. The Kier molecular flexibility index (Phi) is 10.1. The standard InChI is InChI=1S/C32H47N9O2/c1-23(2)28-22-35-41-30(28)36-32(40-17-12-25(33)13-18-40)37-31(41)34-21-24-8-5-9-27(20-24)43-26-10-6-16-39(19-14-26)29(42)11-7-15-38(3)4/h5,7-9,11,20,22-23,25-26H,6,10,12-19,21,33H2,1-4H3,(H,34,36,37)/b11-7+. The van der Waals surface area contributed by atoms with Crippen molar-refractivity contribution in [2.24, 2.45) is 5.73 Å². The predicted molar refractivity (Wildman–Crippen MR) is 171 cm³/mol. The van der Waals surface area contributed by atoms with Crippen LogP contribution in [-0.2, 0) is 11.3 Å². The Hall–Kier alpha value is -3.70. The van der Waals surface area contributed by atoms with Crippen molar-refractivity contribution in [2.45, 2.75) is 70.6 Å². The van der Waals surface area contributed by atoms with Gasteiger partial charge in [0.1, 0.15) is 11.9 Å². The summed E-state index contributed by atoms with van der Waals surface area (Å²) in [6.07, 6.45) is 10.1. The summed E-state index contributed by atoms with van der Waals surface area (Å²) in [5.74, 6) is 2.61. The van der Waals surface area contributed by atoms with Crippen LogP contribution in [0, 0.1) is 0 Å². The van der Waals surface area contributed by atoms with Gasteiger partial charge in [-0.05, 0) is 63.4 Å². The Morgan fingerprint density at radius 3 is 2.72 bits per heavy atom. The second-order valence-corrected chi connectivity index (χ2v) is 12.3. The Bertz CT molecular complexity index is 1390. The van der Waals surface area contributed by atoms with Crippen LogP contribution < -0.4 is 20.7 Å². The summed E-state index contributed by atoms with van der Waals surface area (Å²) in [6.45, 7) is 8.80. The molecule has 3 aromatic rings. The van der Waals surface area contributed by atoms with Gasteiger partial charge in [-0.25, -0.2) is 0 Å². The minimum absolute atomic E-state index is 0.0759. The second kappa shape index (κ2) is 14.2. The zero-order valence-electron chi connectivity index (χ0n) is 26.1. The van der Waals surface area contributed by atoms with E-state index in [-0.39, 0.29) is 18.1 Å². The van der Waals surface area contributed by atoms with Gasteiger partial charge in [0.25, 0.3) is 0 Å². The number of likely N-dealkylation sites (N-methyl/N-ethyl adjacent to an activating group) is 1. The minimum atomic E-state index is 0.0759. The number of hydrogen-bond donors (Lipinski definition) is 2. The topological polar surface area (TPSA) is 117 Å². The summed E-state index contributed by atoms with van der Waals surface area (Å²) in [7, 11) is 3.99. The molecule has 11 heteroatoms. The van der Waals surface area contributed by atoms with Gasteiger partial charge in [0.2, 0.25) is 17.8 Å². The van der Waals surface area contributed by atoms with E-state index in [0.29, 0.717) is 25.0 Å². The molecule has 11 nitrogen and oxygen atoms in total. The average molecular weight is 590 g/mol. The van der Waals surface area contributed by atoms with Gasteiger partial charge in [0, 0.05) is 63.4 Å². The SMILES string of the molecule is CC(C)c1cnn2c(NCc3cccc(OC4CCCN(C(=O)/C=C/CN(C)C)CC4)c3)nc(N3CCC(N)CC3)nc12. The number of fused-ring (bicyclic) bond motifs is 1. The molecule has 2 aliphatic heterocycles. The second-order valence-electron chi connectivity index (χ2n) is 12.3. The van der Waals surface area contributed by atoms with Crippen molar-refractivity contribution in [3.05, 3.63) is 53.7 Å². The molecule has 4 heterocycles. The molecule has 0 bridgehead atoms. The number of aromatic nitrogens is 4. The van der Waals surface area contributed by atoms with Crippen LogP contribution in [0.15, 0.2) is 42.6 Å². The van der Waals surface area contributed by atoms with E-state index in [1.807, 2.05) is 52.8 Å². The molecule has 2 saturated heterocycles. The van der Waals surface area contributed by atoms with Crippen molar-refractivity contribution in [1.29, 1.82) is 0 Å². The number of piperidine rings is 1. The number of amides is 1. The fourth-order valence-corrected chi connectivity index (χ4v) is 5.62. The number of nitrogens with zero attached hydrogens (tertiary/aromatic N) is 7. The molecule has 0 aliphatic carbocycles. The van der Waals surface area contributed by atoms with Gasteiger partial charge >= 0.3 is 0 Å². The van der Waals surface area contributed by atoms with Gasteiger partial charge in [-0.3, -0.25) is 4.79 Å². The van der Waals surface area contributed by atoms with E-state index >= 15 is 0 Å². The van der Waals surface area contributed by atoms with Crippen LogP contribution in [0.2, 0.25) is 0 Å².